The molecule has 170 valence electrons. The lowest BCUT2D eigenvalue weighted by atomic mass is 10.0. The second-order valence-corrected chi connectivity index (χ2v) is 8.05. The lowest BCUT2D eigenvalue weighted by Gasteiger charge is -2.16. The first-order chi connectivity index (χ1) is 16.5. The van der Waals surface area contributed by atoms with E-state index in [1.165, 1.54) is 29.1 Å². The number of hydrogen-bond donors (Lipinski definition) is 1. The summed E-state index contributed by atoms with van der Waals surface area (Å²) in [5.41, 5.74) is 3.77. The zero-order valence-corrected chi connectivity index (χ0v) is 18.4. The predicted molar refractivity (Wildman–Crippen MR) is 126 cm³/mol. The number of aliphatic carboxylic acids is 1. The third kappa shape index (κ3) is 3.63. The molecule has 7 nitrogen and oxygen atoms in total. The van der Waals surface area contributed by atoms with Crippen molar-refractivity contribution in [2.75, 3.05) is 0 Å². The van der Waals surface area contributed by atoms with Crippen LogP contribution >= 0.6 is 0 Å². The Morgan fingerprint density at radius 3 is 2.50 bits per heavy atom. The zero-order valence-electron chi connectivity index (χ0n) is 18.4. The smallest absolute Gasteiger partial charge is 0.327 e. The standard InChI is InChI=1S/C26H21FN4O3/c1-2-20-23(17-8-10-18(27)11-9-17)24-28-15-19-21(31(24)29-20)12-13-30(25(19)32)22(26(33)34)14-16-6-4-3-5-7-16/h3-13,15,22H,2,14H2,1H3,(H,33,34)/t22-/m1/s1. The number of pyridine rings is 1. The van der Waals surface area contributed by atoms with Gasteiger partial charge in [-0.3, -0.25) is 4.79 Å². The minimum atomic E-state index is -1.09. The van der Waals surface area contributed by atoms with Crippen LogP contribution in [0.1, 0.15) is 24.2 Å². The van der Waals surface area contributed by atoms with E-state index in [-0.39, 0.29) is 17.6 Å². The summed E-state index contributed by atoms with van der Waals surface area (Å²) < 4.78 is 16.3. The van der Waals surface area contributed by atoms with Crippen molar-refractivity contribution in [1.82, 2.24) is 19.2 Å². The number of nitrogens with zero attached hydrogens (tertiary/aromatic N) is 4. The van der Waals surface area contributed by atoms with E-state index in [0.29, 0.717) is 17.6 Å². The highest BCUT2D eigenvalue weighted by atomic mass is 19.1. The second kappa shape index (κ2) is 8.55. The number of rotatable bonds is 6. The Labute approximate surface area is 193 Å². The molecule has 0 spiro atoms. The van der Waals surface area contributed by atoms with Gasteiger partial charge in [0, 0.05) is 24.4 Å². The first-order valence-electron chi connectivity index (χ1n) is 10.9. The Kier molecular flexibility index (Phi) is 5.41. The quantitative estimate of drug-likeness (QED) is 0.412. The van der Waals surface area contributed by atoms with Gasteiger partial charge < -0.3 is 9.67 Å². The molecule has 0 aliphatic rings. The van der Waals surface area contributed by atoms with Gasteiger partial charge in [-0.1, -0.05) is 49.4 Å². The van der Waals surface area contributed by atoms with Crippen LogP contribution in [0.25, 0.3) is 27.7 Å². The van der Waals surface area contributed by atoms with Gasteiger partial charge >= 0.3 is 5.97 Å². The average molecular weight is 456 g/mol. The summed E-state index contributed by atoms with van der Waals surface area (Å²) in [7, 11) is 0. The Hall–Kier alpha value is -4.33. The molecule has 0 radical (unpaired) electrons. The van der Waals surface area contributed by atoms with Gasteiger partial charge in [0.1, 0.15) is 11.9 Å². The molecule has 0 unspecified atom stereocenters. The molecule has 5 aromatic rings. The molecule has 0 bridgehead atoms. The normalized spacial score (nSPS) is 12.3. The molecule has 2 aromatic carbocycles. The minimum absolute atomic E-state index is 0.174. The highest BCUT2D eigenvalue weighted by Crippen LogP contribution is 2.29. The maximum atomic E-state index is 13.5. The van der Waals surface area contributed by atoms with Gasteiger partial charge in [0.15, 0.2) is 5.65 Å². The van der Waals surface area contributed by atoms with E-state index in [1.807, 2.05) is 37.3 Å². The summed E-state index contributed by atoms with van der Waals surface area (Å²) in [6, 6.07) is 15.9. The van der Waals surface area contributed by atoms with E-state index in [9.17, 15) is 19.1 Å². The van der Waals surface area contributed by atoms with Crippen molar-refractivity contribution in [3.05, 3.63) is 100 Å². The van der Waals surface area contributed by atoms with E-state index < -0.39 is 17.6 Å². The van der Waals surface area contributed by atoms with E-state index in [4.69, 9.17) is 0 Å². The van der Waals surface area contributed by atoms with Crippen LogP contribution in [-0.4, -0.2) is 30.2 Å². The van der Waals surface area contributed by atoms with Crippen molar-refractivity contribution in [3.8, 4) is 11.1 Å². The van der Waals surface area contributed by atoms with Crippen LogP contribution in [0.4, 0.5) is 4.39 Å². The van der Waals surface area contributed by atoms with Crippen LogP contribution < -0.4 is 5.56 Å². The van der Waals surface area contributed by atoms with Gasteiger partial charge in [0.25, 0.3) is 5.56 Å². The molecule has 5 rings (SSSR count). The van der Waals surface area contributed by atoms with Gasteiger partial charge in [-0.15, -0.1) is 0 Å². The number of halogens is 1. The Bertz CT molecular complexity index is 1570. The van der Waals surface area contributed by atoms with Crippen molar-refractivity contribution in [2.24, 2.45) is 0 Å². The van der Waals surface area contributed by atoms with Gasteiger partial charge in [0.2, 0.25) is 0 Å². The van der Waals surface area contributed by atoms with Crippen molar-refractivity contribution in [3.63, 3.8) is 0 Å². The van der Waals surface area contributed by atoms with Crippen LogP contribution in [0.2, 0.25) is 0 Å². The van der Waals surface area contributed by atoms with Crippen LogP contribution in [0.5, 0.6) is 0 Å². The third-order valence-electron chi connectivity index (χ3n) is 5.97. The van der Waals surface area contributed by atoms with Gasteiger partial charge in [0.05, 0.1) is 16.6 Å². The van der Waals surface area contributed by atoms with Crippen LogP contribution in [-0.2, 0) is 17.6 Å². The monoisotopic (exact) mass is 456 g/mol. The number of carboxylic acids is 1. The minimum Gasteiger partial charge on any atom is -0.480 e. The number of carbonyl (C=O) groups is 1. The van der Waals surface area contributed by atoms with Crippen LogP contribution in [0.3, 0.4) is 0 Å². The van der Waals surface area contributed by atoms with Crippen molar-refractivity contribution in [2.45, 2.75) is 25.8 Å². The number of aryl methyl sites for hydroxylation is 1. The first-order valence-corrected chi connectivity index (χ1v) is 10.9. The van der Waals surface area contributed by atoms with E-state index in [1.54, 1.807) is 22.7 Å². The molecule has 1 N–H and O–H groups in total. The molecular weight excluding hydrogens is 435 g/mol. The number of hydrogen-bond acceptors (Lipinski definition) is 4. The Balaban J connectivity index is 1.67. The Morgan fingerprint density at radius 2 is 1.82 bits per heavy atom. The zero-order chi connectivity index (χ0) is 23.8. The largest absolute Gasteiger partial charge is 0.480 e. The number of fused-ring (bicyclic) bond motifs is 3. The predicted octanol–water partition coefficient (Wildman–Crippen LogP) is 4.28. The van der Waals surface area contributed by atoms with E-state index in [2.05, 4.69) is 10.1 Å². The molecule has 1 atom stereocenters. The number of carboxylic acid groups (broad SMARTS) is 1. The molecule has 0 amide bonds. The molecule has 3 heterocycles. The summed E-state index contributed by atoms with van der Waals surface area (Å²) in [6.07, 6.45) is 3.75. The highest BCUT2D eigenvalue weighted by molar-refractivity contribution is 5.86. The summed E-state index contributed by atoms with van der Waals surface area (Å²) in [4.78, 5) is 29.9. The van der Waals surface area contributed by atoms with Crippen LogP contribution in [0.15, 0.2) is 77.9 Å². The SMILES string of the molecule is CCc1nn2c(ncc3c(=O)n([C@H](Cc4ccccc4)C(=O)O)ccc32)c1-c1ccc(F)cc1. The number of aromatic nitrogens is 4. The van der Waals surface area contributed by atoms with Crippen molar-refractivity contribution < 1.29 is 14.3 Å². The van der Waals surface area contributed by atoms with Crippen molar-refractivity contribution >= 4 is 22.5 Å². The molecule has 3 aromatic heterocycles. The third-order valence-corrected chi connectivity index (χ3v) is 5.97. The fraction of sp³-hybridized carbons (Fsp3) is 0.154. The molecule has 0 aliphatic heterocycles. The van der Waals surface area contributed by atoms with Crippen molar-refractivity contribution in [1.29, 1.82) is 0 Å². The summed E-state index contributed by atoms with van der Waals surface area (Å²) in [5.74, 6) is -1.42. The van der Waals surface area contributed by atoms with Gasteiger partial charge in [-0.2, -0.15) is 5.10 Å². The molecule has 34 heavy (non-hydrogen) atoms. The fourth-order valence-corrected chi connectivity index (χ4v) is 4.28. The molecular formula is C26H21FN4O3. The summed E-state index contributed by atoms with van der Waals surface area (Å²) >= 11 is 0. The topological polar surface area (TPSA) is 89.5 Å². The maximum Gasteiger partial charge on any atom is 0.327 e. The second-order valence-electron chi connectivity index (χ2n) is 8.05. The molecule has 0 saturated carbocycles. The number of benzene rings is 2. The van der Waals surface area contributed by atoms with Crippen LogP contribution in [0, 0.1) is 5.82 Å². The average Bonchev–Trinajstić information content (AvgIpc) is 3.23. The molecule has 0 fully saturated rings. The lowest BCUT2D eigenvalue weighted by molar-refractivity contribution is -0.141. The molecule has 0 aliphatic carbocycles. The first kappa shape index (κ1) is 21.5. The van der Waals surface area contributed by atoms with Gasteiger partial charge in [-0.05, 0) is 35.7 Å². The summed E-state index contributed by atoms with van der Waals surface area (Å²) in [6.45, 7) is 1.96. The van der Waals surface area contributed by atoms with Gasteiger partial charge in [-0.25, -0.2) is 18.7 Å². The highest BCUT2D eigenvalue weighted by Gasteiger charge is 2.23. The summed E-state index contributed by atoms with van der Waals surface area (Å²) in [5, 5.41) is 14.8. The lowest BCUT2D eigenvalue weighted by Crippen LogP contribution is -2.31. The fourth-order valence-electron chi connectivity index (χ4n) is 4.28. The maximum absolute atomic E-state index is 13.5. The molecule has 8 heteroatoms. The van der Waals surface area contributed by atoms with E-state index in [0.717, 1.165) is 22.4 Å². The van der Waals surface area contributed by atoms with E-state index >= 15 is 0 Å². The molecule has 0 saturated heterocycles. The Morgan fingerprint density at radius 1 is 1.09 bits per heavy atom.